The highest BCUT2D eigenvalue weighted by molar-refractivity contribution is 6.30. The maximum atomic E-state index is 13.6. The van der Waals surface area contributed by atoms with Crippen molar-refractivity contribution in [3.8, 4) is 0 Å². The van der Waals surface area contributed by atoms with Gasteiger partial charge in [-0.3, -0.25) is 4.79 Å². The van der Waals surface area contributed by atoms with E-state index in [2.05, 4.69) is 41.0 Å². The summed E-state index contributed by atoms with van der Waals surface area (Å²) < 4.78 is 0. The minimum atomic E-state index is -0.759. The second-order valence-corrected chi connectivity index (χ2v) is 11.9. The number of carbonyl (C=O) groups is 3. The molecule has 42 heavy (non-hydrogen) atoms. The number of imide groups is 1. The Morgan fingerprint density at radius 2 is 1.67 bits per heavy atom. The van der Waals surface area contributed by atoms with Crippen LogP contribution in [0.25, 0.3) is 0 Å². The first kappa shape index (κ1) is 28.2. The fourth-order valence-electron chi connectivity index (χ4n) is 7.07. The number of hydrogen-bond donors (Lipinski definition) is 3. The van der Waals surface area contributed by atoms with Crippen LogP contribution in [0.2, 0.25) is 5.02 Å². The van der Waals surface area contributed by atoms with Crippen molar-refractivity contribution >= 4 is 29.6 Å². The molecule has 3 aliphatic rings. The van der Waals surface area contributed by atoms with Gasteiger partial charge in [0, 0.05) is 43.0 Å². The van der Waals surface area contributed by atoms with Gasteiger partial charge < -0.3 is 21.3 Å². The number of nitrogens with zero attached hydrogens (tertiary/aromatic N) is 2. The van der Waals surface area contributed by atoms with Gasteiger partial charge in [0.25, 0.3) is 0 Å². The summed E-state index contributed by atoms with van der Waals surface area (Å²) in [5.41, 5.74) is 11.4. The number of carbonyl (C=O) groups excluding carboxylic acids is 3. The Hall–Kier alpha value is -3.88. The number of primary amides is 1. The minimum absolute atomic E-state index is 0.0652. The molecule has 8 nitrogen and oxygen atoms in total. The average Bonchev–Trinajstić information content (AvgIpc) is 3.41. The van der Waals surface area contributed by atoms with E-state index >= 15 is 0 Å². The molecule has 218 valence electrons. The van der Waals surface area contributed by atoms with E-state index in [-0.39, 0.29) is 23.8 Å². The lowest BCUT2D eigenvalue weighted by atomic mass is 9.71. The summed E-state index contributed by atoms with van der Waals surface area (Å²) in [7, 11) is 0. The van der Waals surface area contributed by atoms with Crippen LogP contribution in [0, 0.1) is 5.92 Å². The predicted molar refractivity (Wildman–Crippen MR) is 162 cm³/mol. The van der Waals surface area contributed by atoms with Crippen molar-refractivity contribution < 1.29 is 14.4 Å². The molecular weight excluding hydrogens is 550 g/mol. The maximum Gasteiger partial charge on any atom is 0.326 e. The lowest BCUT2D eigenvalue weighted by molar-refractivity contribution is -0.133. The monoisotopic (exact) mass is 585 g/mol. The molecule has 9 heteroatoms. The van der Waals surface area contributed by atoms with Crippen LogP contribution in [0.1, 0.15) is 58.7 Å². The molecule has 3 unspecified atom stereocenters. The summed E-state index contributed by atoms with van der Waals surface area (Å²) in [5, 5.41) is 7.26. The van der Waals surface area contributed by atoms with Crippen LogP contribution in [-0.2, 0) is 17.6 Å². The quantitative estimate of drug-likeness (QED) is 0.381. The molecule has 6 rings (SSSR count). The van der Waals surface area contributed by atoms with Gasteiger partial charge in [0.05, 0.1) is 6.04 Å². The highest BCUT2D eigenvalue weighted by Gasteiger charge is 2.42. The van der Waals surface area contributed by atoms with Crippen LogP contribution in [0.5, 0.6) is 0 Å². The number of nitrogens with two attached hydrogens (primary N) is 1. The lowest BCUT2D eigenvalue weighted by Crippen LogP contribution is -2.49. The topological polar surface area (TPSA) is 108 Å². The van der Waals surface area contributed by atoms with Gasteiger partial charge in [-0.2, -0.15) is 0 Å². The van der Waals surface area contributed by atoms with Crippen LogP contribution in [0.3, 0.4) is 0 Å². The predicted octanol–water partition coefficient (Wildman–Crippen LogP) is 4.94. The Balaban J connectivity index is 1.31. The molecule has 0 radical (unpaired) electrons. The fourth-order valence-corrected chi connectivity index (χ4v) is 7.20. The number of fused-ring (bicyclic) bond motifs is 1. The zero-order chi connectivity index (χ0) is 29.2. The van der Waals surface area contributed by atoms with Gasteiger partial charge in [-0.05, 0) is 71.7 Å². The highest BCUT2D eigenvalue weighted by Crippen LogP contribution is 2.45. The molecule has 0 aliphatic carbocycles. The smallest absolute Gasteiger partial charge is 0.326 e. The van der Waals surface area contributed by atoms with Crippen LogP contribution in [0.15, 0.2) is 72.8 Å². The first-order valence-electron chi connectivity index (χ1n) is 14.7. The largest absolute Gasteiger partial charge is 0.351 e. The molecule has 0 saturated carbocycles. The van der Waals surface area contributed by atoms with Crippen molar-refractivity contribution in [3.63, 3.8) is 0 Å². The summed E-state index contributed by atoms with van der Waals surface area (Å²) in [6.07, 6.45) is 2.85. The number of likely N-dealkylation sites (tertiary alicyclic amines) is 1. The molecule has 2 fully saturated rings. The molecule has 0 aromatic heterocycles. The zero-order valence-electron chi connectivity index (χ0n) is 23.5. The van der Waals surface area contributed by atoms with Gasteiger partial charge in [0.1, 0.15) is 0 Å². The minimum Gasteiger partial charge on any atom is -0.351 e. The molecule has 3 aromatic rings. The molecule has 4 atom stereocenters. The number of aryl methyl sites for hydroxylation is 1. The zero-order valence-corrected chi connectivity index (χ0v) is 24.2. The highest BCUT2D eigenvalue weighted by atomic mass is 35.5. The standard InChI is InChI=1S/C33H36ClN5O3/c34-23-12-9-21(10-13-23)11-14-30(40)38-18-16-26(28(20-38)31-24-6-2-1-5-22(24)15-17-36-31)25-7-3-4-8-27(25)29-19-37-33(42)39(29)32(35)41/h1-10,12-13,26,28-29,31,36H,11,14-20H2,(H2,35,41)(H,37,42)/t26?,28-,29?,31?/m1/s1. The lowest BCUT2D eigenvalue weighted by Gasteiger charge is -2.45. The van der Waals surface area contributed by atoms with Gasteiger partial charge in [0.15, 0.2) is 0 Å². The second kappa shape index (κ2) is 12.2. The summed E-state index contributed by atoms with van der Waals surface area (Å²) in [4.78, 5) is 41.5. The van der Waals surface area contributed by atoms with Crippen LogP contribution < -0.4 is 16.4 Å². The SMILES string of the molecule is NC(=O)N1C(=O)NCC1c1ccccc1C1CCN(C(=O)CCc2ccc(Cl)cc2)C[C@H]1C1NCCc2ccccc21. The van der Waals surface area contributed by atoms with Gasteiger partial charge in [-0.25, -0.2) is 14.5 Å². The van der Waals surface area contributed by atoms with E-state index < -0.39 is 18.1 Å². The van der Waals surface area contributed by atoms with E-state index in [9.17, 15) is 14.4 Å². The Kier molecular flexibility index (Phi) is 8.18. The first-order chi connectivity index (χ1) is 20.4. The maximum absolute atomic E-state index is 13.6. The number of urea groups is 2. The normalized spacial score (nSPS) is 23.8. The molecule has 0 bridgehead atoms. The number of benzene rings is 3. The van der Waals surface area contributed by atoms with Crippen molar-refractivity contribution in [1.29, 1.82) is 0 Å². The van der Waals surface area contributed by atoms with E-state index in [0.717, 1.165) is 41.0 Å². The van der Waals surface area contributed by atoms with Crippen molar-refractivity contribution in [1.82, 2.24) is 20.4 Å². The van der Waals surface area contributed by atoms with E-state index in [1.807, 2.05) is 47.4 Å². The fraction of sp³-hybridized carbons (Fsp3) is 0.364. The summed E-state index contributed by atoms with van der Waals surface area (Å²) in [5.74, 6) is 0.347. The molecule has 2 saturated heterocycles. The third-order valence-electron chi connectivity index (χ3n) is 9.10. The van der Waals surface area contributed by atoms with Crippen molar-refractivity contribution in [2.45, 2.75) is 43.7 Å². The Morgan fingerprint density at radius 1 is 0.952 bits per heavy atom. The van der Waals surface area contributed by atoms with Crippen molar-refractivity contribution in [3.05, 3.63) is 106 Å². The number of amides is 5. The van der Waals surface area contributed by atoms with Crippen LogP contribution in [-0.4, -0.2) is 53.9 Å². The van der Waals surface area contributed by atoms with E-state index in [1.54, 1.807) is 0 Å². The third kappa shape index (κ3) is 5.61. The number of halogens is 1. The van der Waals surface area contributed by atoms with Gasteiger partial charge in [0.2, 0.25) is 5.91 Å². The molecular formula is C33H36ClN5O3. The molecule has 3 aliphatic heterocycles. The van der Waals surface area contributed by atoms with Crippen LogP contribution in [0.4, 0.5) is 9.59 Å². The second-order valence-electron chi connectivity index (χ2n) is 11.4. The Labute approximate surface area is 251 Å². The van der Waals surface area contributed by atoms with E-state index in [1.165, 1.54) is 11.1 Å². The van der Waals surface area contributed by atoms with Crippen molar-refractivity contribution in [2.24, 2.45) is 11.7 Å². The molecule has 3 aromatic carbocycles. The third-order valence-corrected chi connectivity index (χ3v) is 9.35. The average molecular weight is 586 g/mol. The number of nitrogens with one attached hydrogen (secondary N) is 2. The van der Waals surface area contributed by atoms with E-state index in [4.69, 9.17) is 17.3 Å². The molecule has 5 amide bonds. The molecule has 3 heterocycles. The van der Waals surface area contributed by atoms with Gasteiger partial charge >= 0.3 is 12.1 Å². The van der Waals surface area contributed by atoms with Gasteiger partial charge in [-0.1, -0.05) is 72.3 Å². The number of rotatable bonds is 6. The Bertz CT molecular complexity index is 1480. The molecule has 4 N–H and O–H groups in total. The summed E-state index contributed by atoms with van der Waals surface area (Å²) >= 11 is 6.04. The van der Waals surface area contributed by atoms with E-state index in [0.29, 0.717) is 37.5 Å². The van der Waals surface area contributed by atoms with Crippen LogP contribution >= 0.6 is 11.6 Å². The first-order valence-corrected chi connectivity index (χ1v) is 15.1. The van der Waals surface area contributed by atoms with Gasteiger partial charge in [-0.15, -0.1) is 0 Å². The van der Waals surface area contributed by atoms with Crippen molar-refractivity contribution in [2.75, 3.05) is 26.2 Å². The molecule has 0 spiro atoms. The summed E-state index contributed by atoms with van der Waals surface area (Å²) in [6.45, 7) is 2.44. The number of hydrogen-bond acceptors (Lipinski definition) is 4. The summed E-state index contributed by atoms with van der Waals surface area (Å²) in [6, 6.07) is 22.7. The number of piperidine rings is 1. The Morgan fingerprint density at radius 3 is 2.43 bits per heavy atom.